The van der Waals surface area contributed by atoms with Crippen molar-refractivity contribution in [2.75, 3.05) is 18.6 Å². The number of fused-ring (bicyclic) bond motifs is 1. The molecule has 2 heterocycles. The quantitative estimate of drug-likeness (QED) is 0.793. The molecule has 1 aliphatic rings. The Morgan fingerprint density at radius 3 is 2.86 bits per heavy atom. The van der Waals surface area contributed by atoms with E-state index in [1.165, 1.54) is 13.4 Å². The van der Waals surface area contributed by atoms with Crippen LogP contribution in [0.5, 0.6) is 0 Å². The highest BCUT2D eigenvalue weighted by atomic mass is 19.2. The standard InChI is InChI=1S/C14H13F2N3O2/c1-21-14(20)12-3-2-4-19(12)13-8-5-9(15)10(16)6-11(8)17-7-18-13/h5-7,12H,2-4H2,1H3/t12-/m1/s1. The van der Waals surface area contributed by atoms with Crippen LogP contribution in [0.1, 0.15) is 12.8 Å². The first kappa shape index (κ1) is 13.7. The summed E-state index contributed by atoms with van der Waals surface area (Å²) in [4.78, 5) is 21.7. The van der Waals surface area contributed by atoms with Crippen LogP contribution in [-0.4, -0.2) is 35.6 Å². The van der Waals surface area contributed by atoms with Crippen LogP contribution < -0.4 is 4.90 Å². The van der Waals surface area contributed by atoms with Crippen molar-refractivity contribution in [3.05, 3.63) is 30.1 Å². The predicted octanol–water partition coefficient (Wildman–Crippen LogP) is 2.05. The summed E-state index contributed by atoms with van der Waals surface area (Å²) in [5.41, 5.74) is 0.300. The molecule has 0 saturated carbocycles. The van der Waals surface area contributed by atoms with Crippen LogP contribution in [0.2, 0.25) is 0 Å². The minimum Gasteiger partial charge on any atom is -0.467 e. The van der Waals surface area contributed by atoms with Gasteiger partial charge in [-0.2, -0.15) is 0 Å². The number of ether oxygens (including phenoxy) is 1. The Morgan fingerprint density at radius 1 is 1.33 bits per heavy atom. The van der Waals surface area contributed by atoms with Gasteiger partial charge in [-0.15, -0.1) is 0 Å². The summed E-state index contributed by atoms with van der Waals surface area (Å²) >= 11 is 0. The summed E-state index contributed by atoms with van der Waals surface area (Å²) in [6.07, 6.45) is 2.72. The lowest BCUT2D eigenvalue weighted by Crippen LogP contribution is -2.37. The molecule has 1 aliphatic heterocycles. The third kappa shape index (κ3) is 2.28. The van der Waals surface area contributed by atoms with Gasteiger partial charge in [0.25, 0.3) is 0 Å². The zero-order valence-electron chi connectivity index (χ0n) is 11.3. The smallest absolute Gasteiger partial charge is 0.328 e. The molecule has 0 bridgehead atoms. The Balaban J connectivity index is 2.11. The lowest BCUT2D eigenvalue weighted by Gasteiger charge is -2.24. The number of aromatic nitrogens is 2. The molecule has 110 valence electrons. The Morgan fingerprint density at radius 2 is 2.10 bits per heavy atom. The van der Waals surface area contributed by atoms with E-state index in [0.717, 1.165) is 18.6 Å². The minimum atomic E-state index is -0.965. The molecular formula is C14H13F2N3O2. The van der Waals surface area contributed by atoms with Gasteiger partial charge < -0.3 is 9.64 Å². The molecule has 0 aliphatic carbocycles. The van der Waals surface area contributed by atoms with Crippen LogP contribution >= 0.6 is 0 Å². The number of carbonyl (C=O) groups is 1. The number of anilines is 1. The average molecular weight is 293 g/mol. The molecule has 1 atom stereocenters. The van der Waals surface area contributed by atoms with Gasteiger partial charge in [0.15, 0.2) is 11.6 Å². The topological polar surface area (TPSA) is 55.3 Å². The summed E-state index contributed by atoms with van der Waals surface area (Å²) in [5.74, 6) is -1.86. The molecule has 1 aromatic heterocycles. The Kier molecular flexibility index (Phi) is 3.40. The fourth-order valence-corrected chi connectivity index (χ4v) is 2.67. The van der Waals surface area contributed by atoms with Crippen molar-refractivity contribution in [1.29, 1.82) is 0 Å². The summed E-state index contributed by atoms with van der Waals surface area (Å²) in [6.45, 7) is 0.602. The van der Waals surface area contributed by atoms with Gasteiger partial charge in [-0.1, -0.05) is 0 Å². The SMILES string of the molecule is COC(=O)[C@H]1CCCN1c1ncnc2cc(F)c(F)cc12. The maximum atomic E-state index is 13.5. The van der Waals surface area contributed by atoms with Crippen LogP contribution in [-0.2, 0) is 9.53 Å². The molecule has 3 rings (SSSR count). The van der Waals surface area contributed by atoms with Crippen molar-refractivity contribution in [3.63, 3.8) is 0 Å². The molecule has 0 amide bonds. The zero-order chi connectivity index (χ0) is 15.0. The molecular weight excluding hydrogens is 280 g/mol. The molecule has 1 aromatic carbocycles. The van der Waals surface area contributed by atoms with E-state index in [2.05, 4.69) is 9.97 Å². The molecule has 21 heavy (non-hydrogen) atoms. The molecule has 1 saturated heterocycles. The lowest BCUT2D eigenvalue weighted by atomic mass is 10.2. The molecule has 0 N–H and O–H groups in total. The van der Waals surface area contributed by atoms with Gasteiger partial charge in [-0.25, -0.2) is 23.5 Å². The first-order valence-electron chi connectivity index (χ1n) is 6.56. The van der Waals surface area contributed by atoms with E-state index in [4.69, 9.17) is 4.74 Å². The van der Waals surface area contributed by atoms with Gasteiger partial charge in [0, 0.05) is 18.0 Å². The van der Waals surface area contributed by atoms with Gasteiger partial charge in [-0.05, 0) is 18.9 Å². The van der Waals surface area contributed by atoms with Crippen LogP contribution in [0, 0.1) is 11.6 Å². The summed E-state index contributed by atoms with van der Waals surface area (Å²) in [7, 11) is 1.33. The van der Waals surface area contributed by atoms with Crippen LogP contribution in [0.15, 0.2) is 18.5 Å². The molecule has 0 radical (unpaired) electrons. The first-order valence-corrected chi connectivity index (χ1v) is 6.56. The van der Waals surface area contributed by atoms with E-state index in [1.807, 2.05) is 0 Å². The van der Waals surface area contributed by atoms with Gasteiger partial charge in [-0.3, -0.25) is 0 Å². The number of halogens is 2. The third-order valence-corrected chi connectivity index (χ3v) is 3.65. The second-order valence-electron chi connectivity index (χ2n) is 4.86. The highest BCUT2D eigenvalue weighted by Gasteiger charge is 2.33. The van der Waals surface area contributed by atoms with E-state index in [1.54, 1.807) is 4.90 Å². The Hall–Kier alpha value is -2.31. The molecule has 5 nitrogen and oxygen atoms in total. The Labute approximate surface area is 119 Å². The average Bonchev–Trinajstić information content (AvgIpc) is 2.96. The number of hydrogen-bond acceptors (Lipinski definition) is 5. The van der Waals surface area contributed by atoms with Crippen molar-refractivity contribution >= 4 is 22.7 Å². The second kappa shape index (κ2) is 5.23. The monoisotopic (exact) mass is 293 g/mol. The summed E-state index contributed by atoms with van der Waals surface area (Å²) in [6, 6.07) is 1.63. The van der Waals surface area contributed by atoms with Crippen molar-refractivity contribution in [3.8, 4) is 0 Å². The summed E-state index contributed by atoms with van der Waals surface area (Å²) < 4.78 is 31.6. The first-order chi connectivity index (χ1) is 10.1. The number of nitrogens with zero attached hydrogens (tertiary/aromatic N) is 3. The molecule has 1 fully saturated rings. The van der Waals surface area contributed by atoms with E-state index in [0.29, 0.717) is 29.7 Å². The highest BCUT2D eigenvalue weighted by molar-refractivity contribution is 5.92. The van der Waals surface area contributed by atoms with E-state index >= 15 is 0 Å². The van der Waals surface area contributed by atoms with Crippen LogP contribution in [0.4, 0.5) is 14.6 Å². The Bertz CT molecular complexity index is 708. The van der Waals surface area contributed by atoms with Gasteiger partial charge in [0.05, 0.1) is 12.6 Å². The number of carbonyl (C=O) groups excluding carboxylic acids is 1. The van der Waals surface area contributed by atoms with Crippen molar-refractivity contribution in [1.82, 2.24) is 9.97 Å². The number of esters is 1. The van der Waals surface area contributed by atoms with Crippen molar-refractivity contribution in [2.24, 2.45) is 0 Å². The molecule has 7 heteroatoms. The van der Waals surface area contributed by atoms with Gasteiger partial charge >= 0.3 is 5.97 Å². The lowest BCUT2D eigenvalue weighted by molar-refractivity contribution is -0.141. The predicted molar refractivity (Wildman–Crippen MR) is 71.8 cm³/mol. The zero-order valence-corrected chi connectivity index (χ0v) is 11.3. The summed E-state index contributed by atoms with van der Waals surface area (Å²) in [5, 5.41) is 0.382. The maximum Gasteiger partial charge on any atom is 0.328 e. The molecule has 2 aromatic rings. The van der Waals surface area contributed by atoms with Crippen molar-refractivity contribution in [2.45, 2.75) is 18.9 Å². The molecule has 0 unspecified atom stereocenters. The number of methoxy groups -OCH3 is 1. The molecule has 0 spiro atoms. The van der Waals surface area contributed by atoms with Crippen molar-refractivity contribution < 1.29 is 18.3 Å². The van der Waals surface area contributed by atoms with E-state index in [-0.39, 0.29) is 5.97 Å². The third-order valence-electron chi connectivity index (χ3n) is 3.65. The maximum absolute atomic E-state index is 13.5. The minimum absolute atomic E-state index is 0.300. The number of benzene rings is 1. The largest absolute Gasteiger partial charge is 0.467 e. The van der Waals surface area contributed by atoms with E-state index in [9.17, 15) is 13.6 Å². The number of hydrogen-bond donors (Lipinski definition) is 0. The number of rotatable bonds is 2. The van der Waals surface area contributed by atoms with Gasteiger partial charge in [0.2, 0.25) is 0 Å². The fraction of sp³-hybridized carbons (Fsp3) is 0.357. The van der Waals surface area contributed by atoms with Crippen LogP contribution in [0.3, 0.4) is 0 Å². The highest BCUT2D eigenvalue weighted by Crippen LogP contribution is 2.30. The normalized spacial score (nSPS) is 18.2. The van der Waals surface area contributed by atoms with Crippen LogP contribution in [0.25, 0.3) is 10.9 Å². The van der Waals surface area contributed by atoms with Gasteiger partial charge in [0.1, 0.15) is 18.2 Å². The second-order valence-corrected chi connectivity index (χ2v) is 4.86. The fourth-order valence-electron chi connectivity index (χ4n) is 2.67. The van der Waals surface area contributed by atoms with E-state index < -0.39 is 17.7 Å².